The number of amides is 1. The van der Waals surface area contributed by atoms with Crippen LogP contribution in [0.4, 0.5) is 15.8 Å². The summed E-state index contributed by atoms with van der Waals surface area (Å²) in [6, 6.07) is 12.2. The third-order valence-corrected chi connectivity index (χ3v) is 3.18. The molecule has 5 nitrogen and oxygen atoms in total. The zero-order chi connectivity index (χ0) is 16.8. The molecule has 0 aliphatic carbocycles. The smallest absolute Gasteiger partial charge is 0.341 e. The third-order valence-electron chi connectivity index (χ3n) is 3.18. The summed E-state index contributed by atoms with van der Waals surface area (Å²) in [4.78, 5) is 24.2. The maximum atomic E-state index is 12.8. The van der Waals surface area contributed by atoms with E-state index in [1.807, 2.05) is 0 Å². The van der Waals surface area contributed by atoms with Gasteiger partial charge in [-0.05, 0) is 43.3 Å². The quantitative estimate of drug-likeness (QED) is 0.832. The van der Waals surface area contributed by atoms with Crippen molar-refractivity contribution >= 4 is 23.3 Å². The van der Waals surface area contributed by atoms with E-state index >= 15 is 0 Å². The third kappa shape index (κ3) is 4.29. The number of hydrogen-bond donors (Lipinski definition) is 2. The molecule has 0 saturated heterocycles. The van der Waals surface area contributed by atoms with Crippen molar-refractivity contribution in [1.82, 2.24) is 0 Å². The van der Waals surface area contributed by atoms with Crippen LogP contribution in [-0.4, -0.2) is 25.0 Å². The second-order valence-corrected chi connectivity index (χ2v) is 4.84. The average Bonchev–Trinajstić information content (AvgIpc) is 2.56. The van der Waals surface area contributed by atoms with Gasteiger partial charge in [0.15, 0.2) is 6.10 Å². The van der Waals surface area contributed by atoms with Gasteiger partial charge in [-0.2, -0.15) is 0 Å². The second kappa shape index (κ2) is 7.40. The summed E-state index contributed by atoms with van der Waals surface area (Å²) in [5, 5.41) is 5.44. The monoisotopic (exact) mass is 316 g/mol. The van der Waals surface area contributed by atoms with Gasteiger partial charge in [-0.3, -0.25) is 4.79 Å². The van der Waals surface area contributed by atoms with Gasteiger partial charge in [0.25, 0.3) is 5.91 Å². The fourth-order valence-electron chi connectivity index (χ4n) is 1.93. The van der Waals surface area contributed by atoms with Crippen LogP contribution in [0.25, 0.3) is 0 Å². The molecular weight excluding hydrogens is 299 g/mol. The molecule has 0 aliphatic rings. The molecule has 0 aromatic heterocycles. The molecule has 120 valence electrons. The van der Waals surface area contributed by atoms with Crippen molar-refractivity contribution in [2.75, 3.05) is 17.7 Å². The molecule has 0 aliphatic heterocycles. The zero-order valence-electron chi connectivity index (χ0n) is 12.8. The Morgan fingerprint density at radius 3 is 2.39 bits per heavy atom. The van der Waals surface area contributed by atoms with E-state index in [-0.39, 0.29) is 0 Å². The molecule has 1 amide bonds. The Morgan fingerprint density at radius 1 is 1.09 bits per heavy atom. The topological polar surface area (TPSA) is 67.4 Å². The maximum absolute atomic E-state index is 12.8. The molecule has 0 saturated carbocycles. The van der Waals surface area contributed by atoms with Gasteiger partial charge in [-0.25, -0.2) is 9.18 Å². The molecule has 0 spiro atoms. The van der Waals surface area contributed by atoms with Gasteiger partial charge in [0.05, 0.1) is 5.56 Å². The summed E-state index contributed by atoms with van der Waals surface area (Å²) in [7, 11) is 1.69. The summed E-state index contributed by atoms with van der Waals surface area (Å²) in [5.74, 6) is -1.49. The Bertz CT molecular complexity index is 701. The molecular formula is C17H17FN2O3. The molecule has 2 rings (SSSR count). The summed E-state index contributed by atoms with van der Waals surface area (Å²) in [6.07, 6.45) is -0.988. The minimum Gasteiger partial charge on any atom is -0.449 e. The first-order valence-electron chi connectivity index (χ1n) is 7.05. The maximum Gasteiger partial charge on any atom is 0.341 e. The van der Waals surface area contributed by atoms with Crippen LogP contribution in [0.15, 0.2) is 48.5 Å². The predicted octanol–water partition coefficient (Wildman–Crippen LogP) is 3.05. The van der Waals surface area contributed by atoms with Crippen LogP contribution in [0.2, 0.25) is 0 Å². The highest BCUT2D eigenvalue weighted by molar-refractivity contribution is 5.99. The van der Waals surface area contributed by atoms with Crippen LogP contribution in [0.5, 0.6) is 0 Å². The highest BCUT2D eigenvalue weighted by Crippen LogP contribution is 2.16. The number of para-hydroxylation sites is 1. The van der Waals surface area contributed by atoms with Crippen molar-refractivity contribution < 1.29 is 18.7 Å². The highest BCUT2D eigenvalue weighted by atomic mass is 19.1. The van der Waals surface area contributed by atoms with Crippen molar-refractivity contribution in [3.63, 3.8) is 0 Å². The second-order valence-electron chi connectivity index (χ2n) is 4.84. The number of hydrogen-bond acceptors (Lipinski definition) is 4. The summed E-state index contributed by atoms with van der Waals surface area (Å²) >= 11 is 0. The molecule has 1 atom stereocenters. The standard InChI is InChI=1S/C17H17FN2O3/c1-11(16(21)20-13-9-7-12(18)8-10-13)23-17(22)14-5-3-4-6-15(14)19-2/h3-11,19H,1-2H3,(H,20,21)/t11-/m1/s1. The molecule has 2 aromatic rings. The van der Waals surface area contributed by atoms with Gasteiger partial charge in [0.1, 0.15) is 5.82 Å². The lowest BCUT2D eigenvalue weighted by molar-refractivity contribution is -0.123. The number of benzene rings is 2. The van der Waals surface area contributed by atoms with Crippen molar-refractivity contribution in [3.8, 4) is 0 Å². The van der Waals surface area contributed by atoms with E-state index in [1.165, 1.54) is 31.2 Å². The van der Waals surface area contributed by atoms with Gasteiger partial charge in [-0.1, -0.05) is 12.1 Å². The molecule has 0 bridgehead atoms. The largest absolute Gasteiger partial charge is 0.449 e. The Morgan fingerprint density at radius 2 is 1.74 bits per heavy atom. The molecule has 23 heavy (non-hydrogen) atoms. The van der Waals surface area contributed by atoms with Crippen LogP contribution in [-0.2, 0) is 9.53 Å². The van der Waals surface area contributed by atoms with Gasteiger partial charge in [0, 0.05) is 18.4 Å². The van der Waals surface area contributed by atoms with Gasteiger partial charge >= 0.3 is 5.97 Å². The number of esters is 1. The first-order valence-corrected chi connectivity index (χ1v) is 7.05. The number of ether oxygens (including phenoxy) is 1. The number of halogens is 1. The van der Waals surface area contributed by atoms with Crippen LogP contribution >= 0.6 is 0 Å². The lowest BCUT2D eigenvalue weighted by Gasteiger charge is -2.15. The van der Waals surface area contributed by atoms with E-state index in [2.05, 4.69) is 10.6 Å². The lowest BCUT2D eigenvalue weighted by atomic mass is 10.2. The van der Waals surface area contributed by atoms with Crippen molar-refractivity contribution in [3.05, 3.63) is 59.9 Å². The summed E-state index contributed by atoms with van der Waals surface area (Å²) in [6.45, 7) is 1.47. The van der Waals surface area contributed by atoms with Crippen molar-refractivity contribution in [2.45, 2.75) is 13.0 Å². The average molecular weight is 316 g/mol. The molecule has 0 unspecified atom stereocenters. The number of carbonyl (C=O) groups is 2. The Balaban J connectivity index is 2.00. The minimum atomic E-state index is -0.988. The Hall–Kier alpha value is -2.89. The van der Waals surface area contributed by atoms with Crippen LogP contribution in [0.1, 0.15) is 17.3 Å². The van der Waals surface area contributed by atoms with E-state index in [0.717, 1.165) is 0 Å². The molecule has 0 heterocycles. The molecule has 2 N–H and O–H groups in total. The van der Waals surface area contributed by atoms with E-state index in [0.29, 0.717) is 16.9 Å². The fourth-order valence-corrected chi connectivity index (χ4v) is 1.93. The molecule has 0 radical (unpaired) electrons. The van der Waals surface area contributed by atoms with Gasteiger partial charge in [-0.15, -0.1) is 0 Å². The normalized spacial score (nSPS) is 11.4. The molecule has 0 fully saturated rings. The SMILES string of the molecule is CNc1ccccc1C(=O)O[C@H](C)C(=O)Nc1ccc(F)cc1. The number of anilines is 2. The first-order chi connectivity index (χ1) is 11.0. The molecule has 2 aromatic carbocycles. The van der Waals surface area contributed by atoms with E-state index < -0.39 is 23.8 Å². The number of rotatable bonds is 5. The first kappa shape index (κ1) is 16.5. The molecule has 6 heteroatoms. The van der Waals surface area contributed by atoms with Crippen LogP contribution in [0.3, 0.4) is 0 Å². The van der Waals surface area contributed by atoms with Crippen LogP contribution in [0, 0.1) is 5.82 Å². The van der Waals surface area contributed by atoms with Gasteiger partial charge < -0.3 is 15.4 Å². The lowest BCUT2D eigenvalue weighted by Crippen LogP contribution is -2.30. The fraction of sp³-hybridized carbons (Fsp3) is 0.176. The van der Waals surface area contributed by atoms with Crippen molar-refractivity contribution in [1.29, 1.82) is 0 Å². The Kier molecular flexibility index (Phi) is 5.30. The Labute approximate surface area is 133 Å². The summed E-state index contributed by atoms with van der Waals surface area (Å²) in [5.41, 5.74) is 1.38. The number of nitrogens with one attached hydrogen (secondary N) is 2. The van der Waals surface area contributed by atoms with Crippen LogP contribution < -0.4 is 10.6 Å². The van der Waals surface area contributed by atoms with Gasteiger partial charge in [0.2, 0.25) is 0 Å². The van der Waals surface area contributed by atoms with E-state index in [1.54, 1.807) is 31.3 Å². The van der Waals surface area contributed by atoms with E-state index in [4.69, 9.17) is 4.74 Å². The highest BCUT2D eigenvalue weighted by Gasteiger charge is 2.20. The predicted molar refractivity (Wildman–Crippen MR) is 85.9 cm³/mol. The van der Waals surface area contributed by atoms with Crippen molar-refractivity contribution in [2.24, 2.45) is 0 Å². The zero-order valence-corrected chi connectivity index (χ0v) is 12.8. The minimum absolute atomic E-state index is 0.344. The van der Waals surface area contributed by atoms with E-state index in [9.17, 15) is 14.0 Å². The summed E-state index contributed by atoms with van der Waals surface area (Å²) < 4.78 is 18.0. The number of carbonyl (C=O) groups excluding carboxylic acids is 2.